The first-order valence-corrected chi connectivity index (χ1v) is 10.9. The molecule has 31 heavy (non-hydrogen) atoms. The molecule has 0 aliphatic rings. The number of amides is 1. The number of nitrogens with one attached hydrogen (secondary N) is 1. The maximum atomic E-state index is 12.6. The standard InChI is InChI=1S/C23H19Br2NO5/c1-13-3-2-4-14(7-13)12-26-23(30)17-11-16(5-6-20(17)27)31-22-18(24)8-15(9-19(22)25)10-21(28)29/h2-9,11,27H,10,12H2,1H3,(H,26,30)(H,28,29). The quantitative estimate of drug-likeness (QED) is 0.358. The number of carboxylic acid groups (broad SMARTS) is 1. The molecule has 0 heterocycles. The second-order valence-corrected chi connectivity index (χ2v) is 8.62. The summed E-state index contributed by atoms with van der Waals surface area (Å²) in [6.45, 7) is 2.30. The van der Waals surface area contributed by atoms with E-state index in [-0.39, 0.29) is 17.7 Å². The summed E-state index contributed by atoms with van der Waals surface area (Å²) < 4.78 is 7.00. The van der Waals surface area contributed by atoms with Crippen molar-refractivity contribution in [2.45, 2.75) is 19.9 Å². The SMILES string of the molecule is Cc1cccc(CNC(=O)c2cc(Oc3c(Br)cc(CC(=O)O)cc3Br)ccc2O)c1. The second-order valence-electron chi connectivity index (χ2n) is 6.91. The molecule has 0 saturated heterocycles. The number of rotatable bonds is 7. The summed E-state index contributed by atoms with van der Waals surface area (Å²) in [5, 5.41) is 21.9. The zero-order valence-corrected chi connectivity index (χ0v) is 19.7. The number of aryl methyl sites for hydroxylation is 1. The number of phenolic OH excluding ortho intramolecular Hbond substituents is 1. The number of phenols is 1. The molecule has 0 fully saturated rings. The van der Waals surface area contributed by atoms with E-state index in [2.05, 4.69) is 37.2 Å². The Balaban J connectivity index is 1.78. The lowest BCUT2D eigenvalue weighted by molar-refractivity contribution is -0.136. The molecule has 0 saturated carbocycles. The van der Waals surface area contributed by atoms with Gasteiger partial charge in [-0.1, -0.05) is 29.8 Å². The molecule has 1 amide bonds. The van der Waals surface area contributed by atoms with Gasteiger partial charge in [-0.15, -0.1) is 0 Å². The topological polar surface area (TPSA) is 95.9 Å². The van der Waals surface area contributed by atoms with Crippen molar-refractivity contribution in [1.29, 1.82) is 0 Å². The van der Waals surface area contributed by atoms with Crippen LogP contribution < -0.4 is 10.1 Å². The van der Waals surface area contributed by atoms with E-state index in [0.29, 0.717) is 32.6 Å². The molecule has 0 aliphatic carbocycles. The van der Waals surface area contributed by atoms with Crippen molar-refractivity contribution in [2.24, 2.45) is 0 Å². The highest BCUT2D eigenvalue weighted by Crippen LogP contribution is 2.38. The van der Waals surface area contributed by atoms with Gasteiger partial charge in [-0.25, -0.2) is 0 Å². The van der Waals surface area contributed by atoms with E-state index in [1.54, 1.807) is 12.1 Å². The Labute approximate surface area is 196 Å². The van der Waals surface area contributed by atoms with Crippen molar-refractivity contribution in [3.8, 4) is 17.2 Å². The van der Waals surface area contributed by atoms with Crippen LogP contribution in [0.15, 0.2) is 63.5 Å². The van der Waals surface area contributed by atoms with Gasteiger partial charge in [0.05, 0.1) is 20.9 Å². The third-order valence-electron chi connectivity index (χ3n) is 4.38. The zero-order valence-electron chi connectivity index (χ0n) is 16.5. The number of aliphatic carboxylic acids is 1. The van der Waals surface area contributed by atoms with E-state index < -0.39 is 11.9 Å². The van der Waals surface area contributed by atoms with Crippen LogP contribution in [0.25, 0.3) is 0 Å². The summed E-state index contributed by atoms with van der Waals surface area (Å²) in [6, 6.07) is 15.5. The van der Waals surface area contributed by atoms with Crippen LogP contribution in [0.2, 0.25) is 0 Å². The lowest BCUT2D eigenvalue weighted by Gasteiger charge is -2.13. The fourth-order valence-corrected chi connectivity index (χ4v) is 4.41. The first-order chi connectivity index (χ1) is 14.7. The summed E-state index contributed by atoms with van der Waals surface area (Å²) >= 11 is 6.77. The van der Waals surface area contributed by atoms with Crippen molar-refractivity contribution in [3.05, 3.63) is 85.8 Å². The molecule has 0 spiro atoms. The Kier molecular flexibility index (Phi) is 7.35. The van der Waals surface area contributed by atoms with Crippen molar-refractivity contribution in [3.63, 3.8) is 0 Å². The highest BCUT2D eigenvalue weighted by molar-refractivity contribution is 9.11. The zero-order chi connectivity index (χ0) is 22.5. The van der Waals surface area contributed by atoms with Crippen LogP contribution in [0.1, 0.15) is 27.0 Å². The molecule has 3 aromatic carbocycles. The average molecular weight is 549 g/mol. The minimum atomic E-state index is -0.938. The molecule has 6 nitrogen and oxygen atoms in total. The normalized spacial score (nSPS) is 10.5. The van der Waals surface area contributed by atoms with Crippen molar-refractivity contribution < 1.29 is 24.5 Å². The highest BCUT2D eigenvalue weighted by Gasteiger charge is 2.16. The third-order valence-corrected chi connectivity index (χ3v) is 5.56. The predicted molar refractivity (Wildman–Crippen MR) is 124 cm³/mol. The summed E-state index contributed by atoms with van der Waals surface area (Å²) in [7, 11) is 0. The summed E-state index contributed by atoms with van der Waals surface area (Å²) in [5.41, 5.74) is 2.73. The van der Waals surface area contributed by atoms with Gasteiger partial charge in [0.25, 0.3) is 5.91 Å². The van der Waals surface area contributed by atoms with Gasteiger partial charge in [-0.2, -0.15) is 0 Å². The number of aromatic hydroxyl groups is 1. The minimum Gasteiger partial charge on any atom is -0.507 e. The number of ether oxygens (including phenoxy) is 1. The number of hydrogen-bond acceptors (Lipinski definition) is 4. The highest BCUT2D eigenvalue weighted by atomic mass is 79.9. The predicted octanol–water partition coefficient (Wildman–Crippen LogP) is 5.58. The molecule has 3 rings (SSSR count). The van der Waals surface area contributed by atoms with E-state index in [0.717, 1.165) is 11.1 Å². The first-order valence-electron chi connectivity index (χ1n) is 9.27. The van der Waals surface area contributed by atoms with Gasteiger partial charge in [-0.05, 0) is 80.2 Å². The Morgan fingerprint density at radius 2 is 1.71 bits per heavy atom. The molecule has 0 aromatic heterocycles. The van der Waals surface area contributed by atoms with Gasteiger partial charge in [0, 0.05) is 6.54 Å². The number of carbonyl (C=O) groups is 2. The largest absolute Gasteiger partial charge is 0.507 e. The van der Waals surface area contributed by atoms with Crippen LogP contribution in [-0.4, -0.2) is 22.1 Å². The minimum absolute atomic E-state index is 0.0832. The molecule has 0 atom stereocenters. The molecule has 3 N–H and O–H groups in total. The van der Waals surface area contributed by atoms with E-state index in [1.165, 1.54) is 18.2 Å². The average Bonchev–Trinajstić information content (AvgIpc) is 2.69. The maximum absolute atomic E-state index is 12.6. The summed E-state index contributed by atoms with van der Waals surface area (Å²) in [5.74, 6) is -0.771. The molecule has 8 heteroatoms. The Morgan fingerprint density at radius 1 is 1.00 bits per heavy atom. The monoisotopic (exact) mass is 547 g/mol. The molecule has 0 aliphatic heterocycles. The Morgan fingerprint density at radius 3 is 2.35 bits per heavy atom. The van der Waals surface area contributed by atoms with Gasteiger partial charge >= 0.3 is 5.97 Å². The Hall–Kier alpha value is -2.84. The molecular weight excluding hydrogens is 530 g/mol. The molecule has 160 valence electrons. The fraction of sp³-hybridized carbons (Fsp3) is 0.130. The van der Waals surface area contributed by atoms with Gasteiger partial charge in [0.2, 0.25) is 0 Å². The Bertz CT molecular complexity index is 1120. The molecule has 3 aromatic rings. The summed E-state index contributed by atoms with van der Waals surface area (Å²) in [4.78, 5) is 23.5. The van der Waals surface area contributed by atoms with Crippen LogP contribution in [0.5, 0.6) is 17.2 Å². The van der Waals surface area contributed by atoms with Crippen LogP contribution >= 0.6 is 31.9 Å². The van der Waals surface area contributed by atoms with Gasteiger partial charge in [0.1, 0.15) is 11.5 Å². The van der Waals surface area contributed by atoms with Crippen molar-refractivity contribution in [2.75, 3.05) is 0 Å². The fourth-order valence-electron chi connectivity index (χ4n) is 2.96. The number of hydrogen-bond donors (Lipinski definition) is 3. The van der Waals surface area contributed by atoms with Crippen LogP contribution in [-0.2, 0) is 17.8 Å². The molecule has 0 unspecified atom stereocenters. The summed E-state index contributed by atoms with van der Waals surface area (Å²) in [6.07, 6.45) is -0.123. The lowest BCUT2D eigenvalue weighted by Crippen LogP contribution is -2.22. The second kappa shape index (κ2) is 9.98. The van der Waals surface area contributed by atoms with Crippen LogP contribution in [0.3, 0.4) is 0 Å². The van der Waals surface area contributed by atoms with Gasteiger partial charge in [-0.3, -0.25) is 9.59 Å². The van der Waals surface area contributed by atoms with E-state index in [9.17, 15) is 14.7 Å². The van der Waals surface area contributed by atoms with E-state index in [1.807, 2.05) is 31.2 Å². The van der Waals surface area contributed by atoms with E-state index in [4.69, 9.17) is 9.84 Å². The smallest absolute Gasteiger partial charge is 0.307 e. The van der Waals surface area contributed by atoms with Gasteiger partial charge in [0.15, 0.2) is 5.75 Å². The molecule has 0 radical (unpaired) electrons. The van der Waals surface area contributed by atoms with Crippen molar-refractivity contribution >= 4 is 43.7 Å². The number of halogens is 2. The lowest BCUT2D eigenvalue weighted by atomic mass is 10.1. The van der Waals surface area contributed by atoms with Gasteiger partial charge < -0.3 is 20.3 Å². The van der Waals surface area contributed by atoms with E-state index >= 15 is 0 Å². The first kappa shape index (κ1) is 22.8. The van der Waals surface area contributed by atoms with Crippen molar-refractivity contribution in [1.82, 2.24) is 5.32 Å². The molecular formula is C23H19Br2NO5. The number of carboxylic acids is 1. The van der Waals surface area contributed by atoms with Crippen LogP contribution in [0, 0.1) is 6.92 Å². The third kappa shape index (κ3) is 6.08. The number of benzene rings is 3. The number of carbonyl (C=O) groups excluding carboxylic acids is 1. The maximum Gasteiger partial charge on any atom is 0.307 e. The van der Waals surface area contributed by atoms with Crippen LogP contribution in [0.4, 0.5) is 0 Å². The molecule has 0 bridgehead atoms.